The number of fused-ring (bicyclic) bond motifs is 1. The first kappa shape index (κ1) is 22.8. The Bertz CT molecular complexity index is 1150. The molecule has 172 valence electrons. The first-order chi connectivity index (χ1) is 15.9. The second-order valence-corrected chi connectivity index (χ2v) is 8.36. The fourth-order valence-electron chi connectivity index (χ4n) is 3.73. The number of carbonyl (C=O) groups is 3. The van der Waals surface area contributed by atoms with Gasteiger partial charge in [-0.25, -0.2) is 0 Å². The number of rotatable bonds is 6. The van der Waals surface area contributed by atoms with E-state index < -0.39 is 0 Å². The molecule has 0 spiro atoms. The number of nitrogens with zero attached hydrogens (tertiary/aromatic N) is 2. The zero-order valence-corrected chi connectivity index (χ0v) is 19.0. The van der Waals surface area contributed by atoms with Crippen molar-refractivity contribution in [3.63, 3.8) is 0 Å². The summed E-state index contributed by atoms with van der Waals surface area (Å²) in [6, 6.07) is 14.5. The van der Waals surface area contributed by atoms with E-state index in [1.807, 2.05) is 36.1 Å². The van der Waals surface area contributed by atoms with Crippen LogP contribution in [0.25, 0.3) is 11.0 Å². The normalized spacial score (nSPS) is 14.3. The highest BCUT2D eigenvalue weighted by molar-refractivity contribution is 6.31. The topological polar surface area (TPSA) is 94.9 Å². The van der Waals surface area contributed by atoms with E-state index in [1.165, 1.54) is 0 Å². The molecule has 1 aliphatic heterocycles. The first-order valence-electron chi connectivity index (χ1n) is 10.7. The molecule has 1 fully saturated rings. The van der Waals surface area contributed by atoms with Gasteiger partial charge in [0, 0.05) is 42.3 Å². The minimum atomic E-state index is -0.324. The molecule has 1 saturated heterocycles. The SMILES string of the molecule is Cc1c(Cl)cccc1NC(=O)CNC(=O)CN1CCN(C(=O)c2cc3ccccc3o2)CC1. The summed E-state index contributed by atoms with van der Waals surface area (Å²) in [5, 5.41) is 6.85. The van der Waals surface area contributed by atoms with Gasteiger partial charge in [-0.2, -0.15) is 0 Å². The Labute approximate surface area is 196 Å². The lowest BCUT2D eigenvalue weighted by Crippen LogP contribution is -2.51. The third-order valence-corrected chi connectivity index (χ3v) is 6.06. The molecule has 0 atom stereocenters. The molecule has 0 aliphatic carbocycles. The Morgan fingerprint density at radius 2 is 1.76 bits per heavy atom. The number of hydrogen-bond donors (Lipinski definition) is 2. The van der Waals surface area contributed by atoms with Crippen LogP contribution in [0.3, 0.4) is 0 Å². The molecule has 2 aromatic carbocycles. The van der Waals surface area contributed by atoms with E-state index in [0.717, 1.165) is 10.9 Å². The summed E-state index contributed by atoms with van der Waals surface area (Å²) in [6.07, 6.45) is 0. The third-order valence-electron chi connectivity index (χ3n) is 5.65. The number of para-hydroxylation sites is 1. The maximum absolute atomic E-state index is 12.8. The Balaban J connectivity index is 1.21. The summed E-state index contributed by atoms with van der Waals surface area (Å²) < 4.78 is 5.67. The predicted molar refractivity (Wildman–Crippen MR) is 126 cm³/mol. The minimum Gasteiger partial charge on any atom is -0.451 e. The van der Waals surface area contributed by atoms with Crippen LogP contribution in [0.15, 0.2) is 52.9 Å². The highest BCUT2D eigenvalue weighted by Crippen LogP contribution is 2.23. The summed E-state index contributed by atoms with van der Waals surface area (Å²) in [4.78, 5) is 40.9. The van der Waals surface area contributed by atoms with E-state index >= 15 is 0 Å². The number of carbonyl (C=O) groups excluding carboxylic acids is 3. The van der Waals surface area contributed by atoms with E-state index in [4.69, 9.17) is 16.0 Å². The van der Waals surface area contributed by atoms with Gasteiger partial charge in [0.15, 0.2) is 5.76 Å². The third kappa shape index (κ3) is 5.53. The number of nitrogens with one attached hydrogen (secondary N) is 2. The molecule has 3 amide bonds. The summed E-state index contributed by atoms with van der Waals surface area (Å²) in [6.45, 7) is 3.97. The van der Waals surface area contributed by atoms with Crippen LogP contribution in [0, 0.1) is 6.92 Å². The largest absolute Gasteiger partial charge is 0.451 e. The molecule has 33 heavy (non-hydrogen) atoms. The van der Waals surface area contributed by atoms with Crippen molar-refractivity contribution in [3.05, 3.63) is 64.9 Å². The average Bonchev–Trinajstić information content (AvgIpc) is 3.25. The number of hydrogen-bond acceptors (Lipinski definition) is 5. The van der Waals surface area contributed by atoms with Gasteiger partial charge in [0.1, 0.15) is 5.58 Å². The van der Waals surface area contributed by atoms with Crippen molar-refractivity contribution in [3.8, 4) is 0 Å². The summed E-state index contributed by atoms with van der Waals surface area (Å²) in [5.74, 6) is -0.397. The van der Waals surface area contributed by atoms with Crippen LogP contribution in [0.2, 0.25) is 5.02 Å². The molecule has 0 saturated carbocycles. The van der Waals surface area contributed by atoms with Gasteiger partial charge in [-0.05, 0) is 36.8 Å². The number of amides is 3. The molecule has 4 rings (SSSR count). The second kappa shape index (κ2) is 10.1. The minimum absolute atomic E-state index is 0.130. The van der Waals surface area contributed by atoms with Crippen LogP contribution in [-0.4, -0.2) is 66.8 Å². The van der Waals surface area contributed by atoms with Crippen LogP contribution in [-0.2, 0) is 9.59 Å². The van der Waals surface area contributed by atoms with E-state index in [0.29, 0.717) is 48.2 Å². The molecule has 0 unspecified atom stereocenters. The van der Waals surface area contributed by atoms with E-state index in [9.17, 15) is 14.4 Å². The van der Waals surface area contributed by atoms with Crippen molar-refractivity contribution in [1.29, 1.82) is 0 Å². The van der Waals surface area contributed by atoms with E-state index in [-0.39, 0.29) is 30.8 Å². The maximum atomic E-state index is 12.8. The fourth-order valence-corrected chi connectivity index (χ4v) is 3.90. The molecule has 1 aliphatic rings. The van der Waals surface area contributed by atoms with Gasteiger partial charge >= 0.3 is 0 Å². The van der Waals surface area contributed by atoms with E-state index in [1.54, 1.807) is 29.2 Å². The van der Waals surface area contributed by atoms with Gasteiger partial charge in [0.05, 0.1) is 13.1 Å². The van der Waals surface area contributed by atoms with Crippen LogP contribution in [0.1, 0.15) is 16.1 Å². The zero-order valence-electron chi connectivity index (χ0n) is 18.3. The smallest absolute Gasteiger partial charge is 0.289 e. The molecule has 2 heterocycles. The maximum Gasteiger partial charge on any atom is 0.289 e. The van der Waals surface area contributed by atoms with Crippen molar-refractivity contribution >= 4 is 46.0 Å². The first-order valence-corrected chi connectivity index (χ1v) is 11.1. The fraction of sp³-hybridized carbons (Fsp3) is 0.292. The lowest BCUT2D eigenvalue weighted by molar-refractivity contribution is -0.125. The van der Waals surface area contributed by atoms with Crippen molar-refractivity contribution in [2.45, 2.75) is 6.92 Å². The van der Waals surface area contributed by atoms with Crippen LogP contribution >= 0.6 is 11.6 Å². The Morgan fingerprint density at radius 3 is 2.52 bits per heavy atom. The molecule has 0 bridgehead atoms. The summed E-state index contributed by atoms with van der Waals surface area (Å²) >= 11 is 6.06. The van der Waals surface area contributed by atoms with Gasteiger partial charge in [-0.1, -0.05) is 35.9 Å². The summed E-state index contributed by atoms with van der Waals surface area (Å²) in [5.41, 5.74) is 2.08. The number of halogens is 1. The molecule has 9 heteroatoms. The predicted octanol–water partition coefficient (Wildman–Crippen LogP) is 2.91. The number of anilines is 1. The highest BCUT2D eigenvalue weighted by atomic mass is 35.5. The van der Waals surface area contributed by atoms with Crippen molar-refractivity contribution in [2.75, 3.05) is 44.6 Å². The Hall–Kier alpha value is -3.36. The quantitative estimate of drug-likeness (QED) is 0.580. The highest BCUT2D eigenvalue weighted by Gasteiger charge is 2.25. The molecule has 0 radical (unpaired) electrons. The Kier molecular flexibility index (Phi) is 6.96. The van der Waals surface area contributed by atoms with Crippen molar-refractivity contribution in [1.82, 2.24) is 15.1 Å². The molecular formula is C24H25ClN4O4. The van der Waals surface area contributed by atoms with Crippen LogP contribution in [0.5, 0.6) is 0 Å². The van der Waals surface area contributed by atoms with Gasteiger partial charge < -0.3 is 20.0 Å². The molecule has 1 aromatic heterocycles. The molecular weight excluding hydrogens is 444 g/mol. The van der Waals surface area contributed by atoms with Gasteiger partial charge in [0.2, 0.25) is 11.8 Å². The lowest BCUT2D eigenvalue weighted by Gasteiger charge is -2.33. The number of furan rings is 1. The van der Waals surface area contributed by atoms with Crippen LogP contribution < -0.4 is 10.6 Å². The van der Waals surface area contributed by atoms with Crippen molar-refractivity contribution < 1.29 is 18.8 Å². The van der Waals surface area contributed by atoms with Crippen LogP contribution in [0.4, 0.5) is 5.69 Å². The van der Waals surface area contributed by atoms with E-state index in [2.05, 4.69) is 10.6 Å². The average molecular weight is 469 g/mol. The molecule has 8 nitrogen and oxygen atoms in total. The zero-order chi connectivity index (χ0) is 23.4. The molecule has 3 aromatic rings. The van der Waals surface area contributed by atoms with Gasteiger partial charge in [-0.15, -0.1) is 0 Å². The van der Waals surface area contributed by atoms with Crippen molar-refractivity contribution in [2.24, 2.45) is 0 Å². The monoisotopic (exact) mass is 468 g/mol. The van der Waals surface area contributed by atoms with Gasteiger partial charge in [0.25, 0.3) is 5.91 Å². The number of piperazine rings is 1. The standard InChI is InChI=1S/C24H25ClN4O4/c1-16-18(25)6-4-7-19(16)27-22(30)14-26-23(31)15-28-9-11-29(12-10-28)24(32)21-13-17-5-2-3-8-20(17)33-21/h2-8,13H,9-12,14-15H2,1H3,(H,26,31)(H,27,30). The number of benzene rings is 2. The lowest BCUT2D eigenvalue weighted by atomic mass is 10.2. The second-order valence-electron chi connectivity index (χ2n) is 7.95. The molecule has 2 N–H and O–H groups in total. The van der Waals surface area contributed by atoms with Gasteiger partial charge in [-0.3, -0.25) is 19.3 Å². The Morgan fingerprint density at radius 1 is 1.00 bits per heavy atom. The summed E-state index contributed by atoms with van der Waals surface area (Å²) in [7, 11) is 0.